The van der Waals surface area contributed by atoms with Crippen molar-refractivity contribution in [3.8, 4) is 0 Å². The predicted molar refractivity (Wildman–Crippen MR) is 94.1 cm³/mol. The van der Waals surface area contributed by atoms with Crippen molar-refractivity contribution < 1.29 is 0 Å². The van der Waals surface area contributed by atoms with E-state index in [1.54, 1.807) is 11.8 Å². The van der Waals surface area contributed by atoms with Crippen molar-refractivity contribution in [2.45, 2.75) is 37.7 Å². The number of benzene rings is 1. The first-order valence-electron chi connectivity index (χ1n) is 8.00. The Morgan fingerprint density at radius 3 is 2.62 bits per heavy atom. The van der Waals surface area contributed by atoms with E-state index in [4.69, 9.17) is 0 Å². The number of rotatable bonds is 5. The van der Waals surface area contributed by atoms with Gasteiger partial charge in [0, 0.05) is 13.6 Å². The largest absolute Gasteiger partial charge is 0.315 e. The molecule has 0 saturated carbocycles. The van der Waals surface area contributed by atoms with Crippen LogP contribution in [0.4, 0.5) is 0 Å². The molecule has 0 spiro atoms. The van der Waals surface area contributed by atoms with E-state index in [1.807, 2.05) is 26.1 Å². The number of nitrogens with zero attached hydrogens (tertiary/aromatic N) is 7. The molecule has 0 bridgehead atoms. The van der Waals surface area contributed by atoms with Gasteiger partial charge in [0.25, 0.3) is 0 Å². The van der Waals surface area contributed by atoms with E-state index < -0.39 is 0 Å². The van der Waals surface area contributed by atoms with Crippen LogP contribution < -0.4 is 0 Å². The summed E-state index contributed by atoms with van der Waals surface area (Å²) in [4.78, 5) is 0. The molecule has 0 saturated heterocycles. The Hall–Kier alpha value is -2.35. The lowest BCUT2D eigenvalue weighted by Gasteiger charge is -2.05. The second-order valence-electron chi connectivity index (χ2n) is 5.77. The maximum absolute atomic E-state index is 4.36. The summed E-state index contributed by atoms with van der Waals surface area (Å²) in [6, 6.07) is 8.27. The molecule has 0 unspecified atom stereocenters. The molecule has 0 aliphatic carbocycles. The van der Waals surface area contributed by atoms with Gasteiger partial charge in [-0.2, -0.15) is 0 Å². The smallest absolute Gasteiger partial charge is 0.236 e. The highest BCUT2D eigenvalue weighted by molar-refractivity contribution is 7.98. The second kappa shape index (κ2) is 5.94. The average Bonchev–Trinajstić information content (AvgIpc) is 3.24. The minimum absolute atomic E-state index is 0.727. The maximum Gasteiger partial charge on any atom is 0.236 e. The molecule has 0 fully saturated rings. The summed E-state index contributed by atoms with van der Waals surface area (Å²) in [5.74, 6) is 3.52. The van der Waals surface area contributed by atoms with Gasteiger partial charge in [-0.1, -0.05) is 30.8 Å². The number of aryl methyl sites for hydroxylation is 2. The van der Waals surface area contributed by atoms with Crippen LogP contribution in [0.15, 0.2) is 29.4 Å². The van der Waals surface area contributed by atoms with Crippen LogP contribution in [0.1, 0.15) is 25.0 Å². The molecule has 0 aliphatic heterocycles. The number of para-hydroxylation sites is 2. The Balaban J connectivity index is 1.70. The lowest BCUT2D eigenvalue weighted by Crippen LogP contribution is -2.04. The molecule has 0 N–H and O–H groups in total. The normalized spacial score (nSPS) is 11.8. The van der Waals surface area contributed by atoms with E-state index in [1.165, 1.54) is 0 Å². The van der Waals surface area contributed by atoms with Gasteiger partial charge in [0.1, 0.15) is 11.6 Å². The first-order chi connectivity index (χ1) is 11.7. The Bertz CT molecular complexity index is 1010. The van der Waals surface area contributed by atoms with Crippen molar-refractivity contribution >= 4 is 28.6 Å². The number of hydrogen-bond acceptors (Lipinski definition) is 5. The predicted octanol–water partition coefficient (Wildman–Crippen LogP) is 2.82. The molecule has 8 heteroatoms. The number of hydrogen-bond donors (Lipinski definition) is 0. The van der Waals surface area contributed by atoms with Crippen molar-refractivity contribution in [3.05, 3.63) is 35.9 Å². The molecule has 24 heavy (non-hydrogen) atoms. The van der Waals surface area contributed by atoms with Crippen LogP contribution in [-0.4, -0.2) is 33.9 Å². The van der Waals surface area contributed by atoms with Crippen LogP contribution >= 0.6 is 11.8 Å². The summed E-state index contributed by atoms with van der Waals surface area (Å²) in [6.45, 7) is 5.10. The standard InChI is InChI=1S/C16H19N7S/c1-4-9-22-11(2)17-18-14(22)10-24-16-20-19-15-21(3)12-7-5-6-8-13(12)23(15)16/h5-8H,4,9-10H2,1-3H3. The minimum atomic E-state index is 0.727. The zero-order chi connectivity index (χ0) is 16.7. The quantitative estimate of drug-likeness (QED) is 0.522. The SMILES string of the molecule is CCCn1c(C)nnc1CSc1nnc2n(C)c3ccccc3n12. The third kappa shape index (κ3) is 2.29. The summed E-state index contributed by atoms with van der Waals surface area (Å²) < 4.78 is 6.35. The van der Waals surface area contributed by atoms with Crippen molar-refractivity contribution in [1.82, 2.24) is 33.9 Å². The topological polar surface area (TPSA) is 65.8 Å². The molecule has 0 aliphatic rings. The first-order valence-corrected chi connectivity index (χ1v) is 8.99. The van der Waals surface area contributed by atoms with Crippen LogP contribution in [0.25, 0.3) is 16.8 Å². The summed E-state index contributed by atoms with van der Waals surface area (Å²) in [5.41, 5.74) is 2.27. The Kier molecular flexibility index (Phi) is 3.76. The Morgan fingerprint density at radius 1 is 1.04 bits per heavy atom. The van der Waals surface area contributed by atoms with Crippen LogP contribution in [0.3, 0.4) is 0 Å². The van der Waals surface area contributed by atoms with Gasteiger partial charge >= 0.3 is 0 Å². The molecule has 3 heterocycles. The van der Waals surface area contributed by atoms with Crippen molar-refractivity contribution in [2.24, 2.45) is 7.05 Å². The third-order valence-electron chi connectivity index (χ3n) is 4.19. The summed E-state index contributed by atoms with van der Waals surface area (Å²) in [5, 5.41) is 18.1. The molecule has 7 nitrogen and oxygen atoms in total. The van der Waals surface area contributed by atoms with Crippen LogP contribution in [0.5, 0.6) is 0 Å². The van der Waals surface area contributed by atoms with Gasteiger partial charge in [-0.05, 0) is 25.5 Å². The fourth-order valence-electron chi connectivity index (χ4n) is 3.00. The highest BCUT2D eigenvalue weighted by atomic mass is 32.2. The zero-order valence-corrected chi connectivity index (χ0v) is 14.8. The molecular weight excluding hydrogens is 322 g/mol. The molecular formula is C16H19N7S. The number of fused-ring (bicyclic) bond motifs is 3. The van der Waals surface area contributed by atoms with Gasteiger partial charge in [0.05, 0.1) is 16.8 Å². The lowest BCUT2D eigenvalue weighted by atomic mass is 10.3. The molecule has 0 atom stereocenters. The highest BCUT2D eigenvalue weighted by Gasteiger charge is 2.16. The number of imidazole rings is 1. The van der Waals surface area contributed by atoms with Gasteiger partial charge in [0.15, 0.2) is 5.16 Å². The number of aromatic nitrogens is 7. The second-order valence-corrected chi connectivity index (χ2v) is 6.71. The van der Waals surface area contributed by atoms with E-state index >= 15 is 0 Å². The zero-order valence-electron chi connectivity index (χ0n) is 14.0. The van der Waals surface area contributed by atoms with Gasteiger partial charge in [-0.15, -0.1) is 20.4 Å². The molecule has 0 amide bonds. The fourth-order valence-corrected chi connectivity index (χ4v) is 3.88. The van der Waals surface area contributed by atoms with Gasteiger partial charge < -0.3 is 9.13 Å². The van der Waals surface area contributed by atoms with E-state index in [0.29, 0.717) is 0 Å². The van der Waals surface area contributed by atoms with E-state index in [-0.39, 0.29) is 0 Å². The summed E-state index contributed by atoms with van der Waals surface area (Å²) in [6.07, 6.45) is 1.06. The first kappa shape index (κ1) is 15.2. The molecule has 4 rings (SSSR count). The van der Waals surface area contributed by atoms with Gasteiger partial charge in [-0.25, -0.2) is 0 Å². The van der Waals surface area contributed by atoms with Crippen LogP contribution in [0.2, 0.25) is 0 Å². The van der Waals surface area contributed by atoms with E-state index in [9.17, 15) is 0 Å². The monoisotopic (exact) mass is 341 g/mol. The van der Waals surface area contributed by atoms with Crippen molar-refractivity contribution in [3.63, 3.8) is 0 Å². The van der Waals surface area contributed by atoms with E-state index in [2.05, 4.69) is 53.0 Å². The summed E-state index contributed by atoms with van der Waals surface area (Å²) in [7, 11) is 2.02. The van der Waals surface area contributed by atoms with Gasteiger partial charge in [-0.3, -0.25) is 4.40 Å². The van der Waals surface area contributed by atoms with Crippen LogP contribution in [0, 0.1) is 6.92 Å². The lowest BCUT2D eigenvalue weighted by molar-refractivity contribution is 0.636. The van der Waals surface area contributed by atoms with Crippen molar-refractivity contribution in [2.75, 3.05) is 0 Å². The Morgan fingerprint density at radius 2 is 1.83 bits per heavy atom. The molecule has 124 valence electrons. The van der Waals surface area contributed by atoms with E-state index in [0.717, 1.165) is 52.3 Å². The molecule has 3 aromatic heterocycles. The fraction of sp³-hybridized carbons (Fsp3) is 0.375. The number of thioether (sulfide) groups is 1. The van der Waals surface area contributed by atoms with Crippen LogP contribution in [-0.2, 0) is 19.3 Å². The minimum Gasteiger partial charge on any atom is -0.315 e. The highest BCUT2D eigenvalue weighted by Crippen LogP contribution is 2.26. The molecule has 0 radical (unpaired) electrons. The van der Waals surface area contributed by atoms with Gasteiger partial charge in [0.2, 0.25) is 5.78 Å². The maximum atomic E-state index is 4.36. The van der Waals surface area contributed by atoms with Crippen molar-refractivity contribution in [1.29, 1.82) is 0 Å². The molecule has 4 aromatic rings. The Labute approximate surface area is 143 Å². The third-order valence-corrected chi connectivity index (χ3v) is 5.12. The summed E-state index contributed by atoms with van der Waals surface area (Å²) >= 11 is 1.64. The molecule has 1 aromatic carbocycles. The average molecular weight is 341 g/mol.